The molecule has 0 spiro atoms. The summed E-state index contributed by atoms with van der Waals surface area (Å²) in [6.45, 7) is 2.12. The molecule has 0 unspecified atom stereocenters. The number of Topliss-reactive ketones (excluding diaryl/α,β-unsaturated/α-hetero) is 1. The molecule has 1 aliphatic rings. The summed E-state index contributed by atoms with van der Waals surface area (Å²) in [4.78, 5) is 22.8. The maximum Gasteiger partial charge on any atom is 0.306 e. The van der Waals surface area contributed by atoms with Gasteiger partial charge in [-0.05, 0) is 26.2 Å². The van der Waals surface area contributed by atoms with Gasteiger partial charge in [0.2, 0.25) is 0 Å². The van der Waals surface area contributed by atoms with Crippen molar-refractivity contribution in [3.8, 4) is 0 Å². The van der Waals surface area contributed by atoms with Gasteiger partial charge in [-0.15, -0.1) is 0 Å². The minimum Gasteiger partial charge on any atom is -0.466 e. The van der Waals surface area contributed by atoms with Crippen LogP contribution in [0.1, 0.15) is 39.0 Å². The van der Waals surface area contributed by atoms with Gasteiger partial charge in [0.15, 0.2) is 5.78 Å². The van der Waals surface area contributed by atoms with E-state index >= 15 is 0 Å². The van der Waals surface area contributed by atoms with Gasteiger partial charge in [-0.1, -0.05) is 0 Å². The number of carbonyl (C=O) groups excluding carboxylic acids is 2. The normalized spacial score (nSPS) is 18.0. The Labute approximate surface area is 89.9 Å². The third-order valence-electron chi connectivity index (χ3n) is 2.92. The zero-order valence-corrected chi connectivity index (χ0v) is 9.38. The summed E-state index contributed by atoms with van der Waals surface area (Å²) in [6.07, 6.45) is 2.99. The van der Waals surface area contributed by atoms with Crippen molar-refractivity contribution in [3.05, 3.63) is 0 Å². The smallest absolute Gasteiger partial charge is 0.306 e. The van der Waals surface area contributed by atoms with Crippen molar-refractivity contribution in [3.63, 3.8) is 0 Å². The molecule has 0 saturated heterocycles. The average Bonchev–Trinajstić information content (AvgIpc) is 2.14. The largest absolute Gasteiger partial charge is 0.466 e. The first-order valence-corrected chi connectivity index (χ1v) is 5.38. The lowest BCUT2D eigenvalue weighted by atomic mass is 9.75. The number of ketones is 1. The van der Waals surface area contributed by atoms with Gasteiger partial charge in [-0.2, -0.15) is 0 Å². The van der Waals surface area contributed by atoms with E-state index in [0.717, 1.165) is 19.3 Å². The predicted molar refractivity (Wildman–Crippen MR) is 54.5 cm³/mol. The Morgan fingerprint density at radius 1 is 1.27 bits per heavy atom. The maximum atomic E-state index is 11.8. The van der Waals surface area contributed by atoms with Crippen molar-refractivity contribution >= 4 is 11.8 Å². The van der Waals surface area contributed by atoms with Crippen LogP contribution in [0.15, 0.2) is 0 Å². The molecule has 0 heterocycles. The van der Waals surface area contributed by atoms with Gasteiger partial charge in [-0.25, -0.2) is 0 Å². The molecule has 0 amide bonds. The maximum absolute atomic E-state index is 11.8. The van der Waals surface area contributed by atoms with Crippen molar-refractivity contribution in [1.82, 2.24) is 0 Å². The molecule has 0 aromatic heterocycles. The molecule has 0 aromatic rings. The van der Waals surface area contributed by atoms with Crippen LogP contribution in [0.5, 0.6) is 0 Å². The Morgan fingerprint density at radius 2 is 1.93 bits per heavy atom. The second kappa shape index (κ2) is 5.26. The van der Waals surface area contributed by atoms with Gasteiger partial charge in [0.25, 0.3) is 0 Å². The fraction of sp³-hybridized carbons (Fsp3) is 0.818. The van der Waals surface area contributed by atoms with Crippen molar-refractivity contribution in [2.45, 2.75) is 44.6 Å². The van der Waals surface area contributed by atoms with Crippen LogP contribution in [0.2, 0.25) is 0 Å². The zero-order valence-electron chi connectivity index (χ0n) is 9.38. The Bertz CT molecular complexity index is 237. The highest BCUT2D eigenvalue weighted by Crippen LogP contribution is 2.36. The highest BCUT2D eigenvalue weighted by molar-refractivity contribution is 5.90. The number of hydrogen-bond donors (Lipinski definition) is 0. The van der Waals surface area contributed by atoms with Gasteiger partial charge in [-0.3, -0.25) is 9.59 Å². The Hall–Kier alpha value is -0.900. The summed E-state index contributed by atoms with van der Waals surface area (Å²) in [5.41, 5.74) is -0.591. The van der Waals surface area contributed by atoms with Crippen molar-refractivity contribution < 1.29 is 19.1 Å². The van der Waals surface area contributed by atoms with E-state index in [4.69, 9.17) is 9.47 Å². The number of hydrogen-bond acceptors (Lipinski definition) is 4. The van der Waals surface area contributed by atoms with Crippen molar-refractivity contribution in [2.75, 3.05) is 13.7 Å². The molecule has 1 rings (SSSR count). The molecule has 0 radical (unpaired) electrons. The summed E-state index contributed by atoms with van der Waals surface area (Å²) >= 11 is 0. The third-order valence-corrected chi connectivity index (χ3v) is 2.92. The second-order valence-corrected chi connectivity index (χ2v) is 3.78. The lowest BCUT2D eigenvalue weighted by Crippen LogP contribution is -2.47. The van der Waals surface area contributed by atoms with Gasteiger partial charge in [0.1, 0.15) is 5.60 Å². The van der Waals surface area contributed by atoms with E-state index in [1.807, 2.05) is 0 Å². The number of methoxy groups -OCH3 is 1. The number of rotatable bonds is 6. The van der Waals surface area contributed by atoms with E-state index in [2.05, 4.69) is 0 Å². The fourth-order valence-electron chi connectivity index (χ4n) is 1.77. The van der Waals surface area contributed by atoms with Crippen LogP contribution in [-0.2, 0) is 19.1 Å². The highest BCUT2D eigenvalue weighted by Gasteiger charge is 2.43. The molecule has 0 bridgehead atoms. The van der Waals surface area contributed by atoms with E-state index in [9.17, 15) is 9.59 Å². The third kappa shape index (κ3) is 2.78. The molecular formula is C11H18O4. The van der Waals surface area contributed by atoms with E-state index in [1.165, 1.54) is 0 Å². The van der Waals surface area contributed by atoms with E-state index in [-0.39, 0.29) is 24.6 Å². The minimum absolute atomic E-state index is 0.0318. The molecule has 0 atom stereocenters. The van der Waals surface area contributed by atoms with Crippen LogP contribution in [0, 0.1) is 0 Å². The summed E-state index contributed by atoms with van der Waals surface area (Å²) in [5, 5.41) is 0. The van der Waals surface area contributed by atoms with Crippen LogP contribution >= 0.6 is 0 Å². The summed E-state index contributed by atoms with van der Waals surface area (Å²) in [6, 6.07) is 0. The van der Waals surface area contributed by atoms with Crippen LogP contribution in [0.3, 0.4) is 0 Å². The van der Waals surface area contributed by atoms with Gasteiger partial charge < -0.3 is 9.47 Å². The first-order chi connectivity index (χ1) is 7.14. The number of esters is 1. The van der Waals surface area contributed by atoms with E-state index in [0.29, 0.717) is 6.61 Å². The monoisotopic (exact) mass is 214 g/mol. The molecule has 1 fully saturated rings. The molecule has 0 aromatic carbocycles. The van der Waals surface area contributed by atoms with Gasteiger partial charge in [0.05, 0.1) is 13.0 Å². The van der Waals surface area contributed by atoms with Crippen LogP contribution in [-0.4, -0.2) is 31.1 Å². The topological polar surface area (TPSA) is 52.6 Å². The van der Waals surface area contributed by atoms with E-state index < -0.39 is 5.60 Å². The first kappa shape index (κ1) is 12.2. The van der Waals surface area contributed by atoms with Crippen molar-refractivity contribution in [1.29, 1.82) is 0 Å². The highest BCUT2D eigenvalue weighted by atomic mass is 16.5. The molecular weight excluding hydrogens is 196 g/mol. The molecule has 4 heteroatoms. The molecule has 1 saturated carbocycles. The van der Waals surface area contributed by atoms with Crippen LogP contribution in [0.4, 0.5) is 0 Å². The van der Waals surface area contributed by atoms with E-state index in [1.54, 1.807) is 14.0 Å². The standard InChI is InChI=1S/C11H18O4/c1-3-15-10(13)6-5-9(12)11(14-2)7-4-8-11/h3-8H2,1-2H3. The Balaban J connectivity index is 2.32. The molecule has 0 aliphatic heterocycles. The molecule has 4 nitrogen and oxygen atoms in total. The lowest BCUT2D eigenvalue weighted by molar-refractivity contribution is -0.154. The lowest BCUT2D eigenvalue weighted by Gasteiger charge is -2.38. The predicted octanol–water partition coefficient (Wildman–Crippen LogP) is 1.47. The molecule has 15 heavy (non-hydrogen) atoms. The zero-order chi connectivity index (χ0) is 11.3. The second-order valence-electron chi connectivity index (χ2n) is 3.78. The molecule has 0 N–H and O–H groups in total. The Morgan fingerprint density at radius 3 is 2.33 bits per heavy atom. The summed E-state index contributed by atoms with van der Waals surface area (Å²) in [7, 11) is 1.56. The number of ether oxygens (including phenoxy) is 2. The fourth-order valence-corrected chi connectivity index (χ4v) is 1.77. The minimum atomic E-state index is -0.591. The quantitative estimate of drug-likeness (QED) is 0.628. The van der Waals surface area contributed by atoms with Crippen LogP contribution < -0.4 is 0 Å². The molecule has 1 aliphatic carbocycles. The summed E-state index contributed by atoms with van der Waals surface area (Å²) in [5.74, 6) is -0.277. The SMILES string of the molecule is CCOC(=O)CCC(=O)C1(OC)CCC1. The molecule has 86 valence electrons. The van der Waals surface area contributed by atoms with Gasteiger partial charge >= 0.3 is 5.97 Å². The van der Waals surface area contributed by atoms with Crippen molar-refractivity contribution in [2.24, 2.45) is 0 Å². The van der Waals surface area contributed by atoms with Crippen LogP contribution in [0.25, 0.3) is 0 Å². The Kier molecular flexibility index (Phi) is 4.27. The van der Waals surface area contributed by atoms with Gasteiger partial charge in [0, 0.05) is 13.5 Å². The average molecular weight is 214 g/mol. The summed E-state index contributed by atoms with van der Waals surface area (Å²) < 4.78 is 9.98. The number of carbonyl (C=O) groups is 2. The first-order valence-electron chi connectivity index (χ1n) is 5.38.